The number of aliphatic hydroxyl groups excluding tert-OH is 3. The van der Waals surface area contributed by atoms with Gasteiger partial charge in [0.05, 0.1) is 13.2 Å². The highest BCUT2D eigenvalue weighted by Gasteiger charge is 2.40. The monoisotopic (exact) mass is 428 g/mol. The maximum absolute atomic E-state index is 9.84. The molecule has 0 aromatic heterocycles. The van der Waals surface area contributed by atoms with Crippen molar-refractivity contribution in [1.82, 2.24) is 0 Å². The van der Waals surface area contributed by atoms with E-state index >= 15 is 0 Å². The second kappa shape index (κ2) is 19.2. The largest absolute Gasteiger partial charge is 0.394 e. The molecule has 4 atom stereocenters. The minimum atomic E-state index is -0.977. The SMILES string of the molecule is C=CCCCCCCCCCCCCCCCCCO[C@H](CO)[C@H]1OC[C@H](O)[C@H]1O. The van der Waals surface area contributed by atoms with E-state index in [2.05, 4.69) is 6.58 Å². The Balaban J connectivity index is 1.80. The van der Waals surface area contributed by atoms with Crippen LogP contribution >= 0.6 is 0 Å². The van der Waals surface area contributed by atoms with Crippen molar-refractivity contribution in [2.75, 3.05) is 19.8 Å². The molecule has 1 fully saturated rings. The standard InChI is InChI=1S/C25H48O5/c1-2-3-4-5-6-7-8-9-10-11-12-13-14-15-16-17-18-19-29-23(20-26)25-24(28)22(27)21-30-25/h2,22-28H,1,3-21H2/t22-,23+,24+,25+/m0/s1. The quantitative estimate of drug-likeness (QED) is 0.179. The number of aliphatic hydroxyl groups is 3. The Morgan fingerprint density at radius 2 is 1.27 bits per heavy atom. The summed E-state index contributed by atoms with van der Waals surface area (Å²) in [7, 11) is 0. The van der Waals surface area contributed by atoms with Crippen LogP contribution < -0.4 is 0 Å². The molecule has 3 N–H and O–H groups in total. The average molecular weight is 429 g/mol. The molecule has 0 bridgehead atoms. The predicted octanol–water partition coefficient (Wildman–Crippen LogP) is 4.91. The molecule has 0 aromatic carbocycles. The molecular weight excluding hydrogens is 380 g/mol. The van der Waals surface area contributed by atoms with Crippen LogP contribution in [0.1, 0.15) is 103 Å². The number of rotatable bonds is 21. The van der Waals surface area contributed by atoms with Crippen LogP contribution in [0.3, 0.4) is 0 Å². The van der Waals surface area contributed by atoms with E-state index in [0.29, 0.717) is 6.61 Å². The van der Waals surface area contributed by atoms with Gasteiger partial charge in [0, 0.05) is 6.61 Å². The molecule has 1 saturated heterocycles. The number of hydrogen-bond acceptors (Lipinski definition) is 5. The van der Waals surface area contributed by atoms with Crippen molar-refractivity contribution in [2.24, 2.45) is 0 Å². The number of ether oxygens (including phenoxy) is 2. The van der Waals surface area contributed by atoms with Crippen molar-refractivity contribution in [3.63, 3.8) is 0 Å². The zero-order chi connectivity index (χ0) is 21.9. The molecule has 30 heavy (non-hydrogen) atoms. The Kier molecular flexibility index (Phi) is 17.7. The Morgan fingerprint density at radius 3 is 1.67 bits per heavy atom. The summed E-state index contributed by atoms with van der Waals surface area (Å²) < 4.78 is 11.0. The van der Waals surface area contributed by atoms with E-state index in [9.17, 15) is 15.3 Å². The lowest BCUT2D eigenvalue weighted by molar-refractivity contribution is -0.101. The molecule has 0 unspecified atom stereocenters. The van der Waals surface area contributed by atoms with Crippen molar-refractivity contribution in [3.05, 3.63) is 12.7 Å². The van der Waals surface area contributed by atoms with Crippen LogP contribution in [-0.4, -0.2) is 59.6 Å². The average Bonchev–Trinajstić information content (AvgIpc) is 3.08. The van der Waals surface area contributed by atoms with Gasteiger partial charge in [-0.3, -0.25) is 0 Å². The maximum Gasteiger partial charge on any atom is 0.114 e. The first-order valence-corrected chi connectivity index (χ1v) is 12.5. The number of hydrogen-bond donors (Lipinski definition) is 3. The number of allylic oxidation sites excluding steroid dienone is 1. The Morgan fingerprint density at radius 1 is 0.800 bits per heavy atom. The van der Waals surface area contributed by atoms with Gasteiger partial charge in [0.25, 0.3) is 0 Å². The van der Waals surface area contributed by atoms with Gasteiger partial charge < -0.3 is 24.8 Å². The van der Waals surface area contributed by atoms with E-state index in [1.165, 1.54) is 89.9 Å². The highest BCUT2D eigenvalue weighted by Crippen LogP contribution is 2.20. The molecule has 0 radical (unpaired) electrons. The molecule has 0 aliphatic carbocycles. The van der Waals surface area contributed by atoms with Crippen LogP contribution in [0.4, 0.5) is 0 Å². The fourth-order valence-electron chi connectivity index (χ4n) is 4.13. The van der Waals surface area contributed by atoms with Gasteiger partial charge in [-0.15, -0.1) is 6.58 Å². The third-order valence-electron chi connectivity index (χ3n) is 6.12. The Hall–Kier alpha value is -0.460. The summed E-state index contributed by atoms with van der Waals surface area (Å²) in [6, 6.07) is 0. The first-order chi connectivity index (χ1) is 14.7. The van der Waals surface area contributed by atoms with Crippen molar-refractivity contribution in [2.45, 2.75) is 127 Å². The highest BCUT2D eigenvalue weighted by atomic mass is 16.6. The number of unbranched alkanes of at least 4 members (excludes halogenated alkanes) is 15. The van der Waals surface area contributed by atoms with Crippen LogP contribution in [-0.2, 0) is 9.47 Å². The maximum atomic E-state index is 9.84. The van der Waals surface area contributed by atoms with Crippen LogP contribution in [0.25, 0.3) is 0 Å². The molecule has 1 rings (SSSR count). The first kappa shape index (κ1) is 27.6. The normalized spacial score (nSPS) is 22.4. The van der Waals surface area contributed by atoms with Gasteiger partial charge in [0.15, 0.2) is 0 Å². The summed E-state index contributed by atoms with van der Waals surface area (Å²) in [4.78, 5) is 0. The molecule has 0 aromatic rings. The molecule has 0 amide bonds. The third-order valence-corrected chi connectivity index (χ3v) is 6.12. The van der Waals surface area contributed by atoms with Crippen molar-refractivity contribution in [3.8, 4) is 0 Å². The molecule has 178 valence electrons. The van der Waals surface area contributed by atoms with Crippen molar-refractivity contribution in [1.29, 1.82) is 0 Å². The van der Waals surface area contributed by atoms with E-state index in [4.69, 9.17) is 9.47 Å². The van der Waals surface area contributed by atoms with E-state index < -0.39 is 24.4 Å². The molecule has 1 aliphatic rings. The molecule has 0 saturated carbocycles. The predicted molar refractivity (Wildman–Crippen MR) is 123 cm³/mol. The van der Waals surface area contributed by atoms with Crippen LogP contribution in [0.5, 0.6) is 0 Å². The van der Waals surface area contributed by atoms with Gasteiger partial charge in [-0.05, 0) is 19.3 Å². The second-order valence-electron chi connectivity index (χ2n) is 8.83. The lowest BCUT2D eigenvalue weighted by atomic mass is 10.0. The zero-order valence-electron chi connectivity index (χ0n) is 19.2. The smallest absolute Gasteiger partial charge is 0.114 e. The molecule has 1 heterocycles. The minimum Gasteiger partial charge on any atom is -0.394 e. The molecule has 5 heteroatoms. The molecule has 0 spiro atoms. The summed E-state index contributed by atoms with van der Waals surface area (Å²) in [5.74, 6) is 0. The fourth-order valence-corrected chi connectivity index (χ4v) is 4.13. The highest BCUT2D eigenvalue weighted by molar-refractivity contribution is 4.88. The summed E-state index contributed by atoms with van der Waals surface area (Å²) in [5.41, 5.74) is 0. The van der Waals surface area contributed by atoms with E-state index in [-0.39, 0.29) is 13.2 Å². The third kappa shape index (κ3) is 13.1. The topological polar surface area (TPSA) is 79.2 Å². The van der Waals surface area contributed by atoms with Gasteiger partial charge in [-0.25, -0.2) is 0 Å². The zero-order valence-corrected chi connectivity index (χ0v) is 19.2. The van der Waals surface area contributed by atoms with E-state index in [0.717, 1.165) is 12.8 Å². The van der Waals surface area contributed by atoms with Gasteiger partial charge in [0.1, 0.15) is 24.4 Å². The lowest BCUT2D eigenvalue weighted by Gasteiger charge is -2.24. The lowest BCUT2D eigenvalue weighted by Crippen LogP contribution is -2.42. The van der Waals surface area contributed by atoms with Crippen molar-refractivity contribution >= 4 is 0 Å². The van der Waals surface area contributed by atoms with Gasteiger partial charge >= 0.3 is 0 Å². The van der Waals surface area contributed by atoms with E-state index in [1.807, 2.05) is 6.08 Å². The summed E-state index contributed by atoms with van der Waals surface area (Å²) >= 11 is 0. The minimum absolute atomic E-state index is 0.0993. The van der Waals surface area contributed by atoms with Gasteiger partial charge in [0.2, 0.25) is 0 Å². The van der Waals surface area contributed by atoms with Crippen LogP contribution in [0.2, 0.25) is 0 Å². The van der Waals surface area contributed by atoms with Gasteiger partial charge in [-0.1, -0.05) is 89.5 Å². The van der Waals surface area contributed by atoms with Crippen molar-refractivity contribution < 1.29 is 24.8 Å². The molecule has 1 aliphatic heterocycles. The van der Waals surface area contributed by atoms with E-state index in [1.54, 1.807) is 0 Å². The van der Waals surface area contributed by atoms with Crippen LogP contribution in [0.15, 0.2) is 12.7 Å². The first-order valence-electron chi connectivity index (χ1n) is 12.5. The summed E-state index contributed by atoms with van der Waals surface area (Å²) in [6.45, 7) is 4.22. The molecule has 5 nitrogen and oxygen atoms in total. The molecular formula is C25H48O5. The van der Waals surface area contributed by atoms with Gasteiger partial charge in [-0.2, -0.15) is 0 Å². The second-order valence-corrected chi connectivity index (χ2v) is 8.83. The Labute approximate surface area is 184 Å². The summed E-state index contributed by atoms with van der Waals surface area (Å²) in [6.07, 6.45) is 19.8. The summed E-state index contributed by atoms with van der Waals surface area (Å²) in [5, 5.41) is 28.8. The van der Waals surface area contributed by atoms with Crippen LogP contribution in [0, 0.1) is 0 Å². The fraction of sp³-hybridized carbons (Fsp3) is 0.920. The Bertz CT molecular complexity index is 390.